The Bertz CT molecular complexity index is 500. The fraction of sp³-hybridized carbons (Fsp3) is 0.688. The largest absolute Gasteiger partial charge is 0.375 e. The lowest BCUT2D eigenvalue weighted by Gasteiger charge is -2.47. The molecule has 6 heteroatoms. The van der Waals surface area contributed by atoms with Crippen LogP contribution < -0.4 is 4.90 Å². The number of anilines is 1. The summed E-state index contributed by atoms with van der Waals surface area (Å²) in [4.78, 5) is 24.9. The molecule has 1 amide bonds. The van der Waals surface area contributed by atoms with Gasteiger partial charge in [-0.25, -0.2) is 4.98 Å². The second-order valence-electron chi connectivity index (χ2n) is 6.40. The van der Waals surface area contributed by atoms with E-state index >= 15 is 0 Å². The molecule has 1 spiro atoms. The van der Waals surface area contributed by atoms with Gasteiger partial charge in [-0.2, -0.15) is 0 Å². The molecular formula is C16H24N4O2. The maximum absolute atomic E-state index is 12.1. The van der Waals surface area contributed by atoms with Crippen LogP contribution in [0.5, 0.6) is 0 Å². The standard InChI is InChI=1S/C16H24N4O2/c1-22-12-15(21)20-8-2-3-16(13-20)4-9-19(10-5-16)14-11-17-6-7-18-14/h6-7,11H,2-5,8-10,12-13H2,1H3. The molecule has 120 valence electrons. The quantitative estimate of drug-likeness (QED) is 0.843. The number of likely N-dealkylation sites (tertiary alicyclic amines) is 1. The van der Waals surface area contributed by atoms with Crippen molar-refractivity contribution in [2.45, 2.75) is 25.7 Å². The molecule has 3 heterocycles. The van der Waals surface area contributed by atoms with Crippen molar-refractivity contribution >= 4 is 11.7 Å². The number of carbonyl (C=O) groups is 1. The molecule has 0 aromatic carbocycles. The third-order valence-electron chi connectivity index (χ3n) is 4.98. The summed E-state index contributed by atoms with van der Waals surface area (Å²) in [5, 5.41) is 0. The van der Waals surface area contributed by atoms with Crippen molar-refractivity contribution in [2.75, 3.05) is 44.8 Å². The van der Waals surface area contributed by atoms with Crippen LogP contribution in [-0.4, -0.2) is 60.7 Å². The van der Waals surface area contributed by atoms with Crippen molar-refractivity contribution in [3.63, 3.8) is 0 Å². The molecule has 1 aromatic heterocycles. The summed E-state index contributed by atoms with van der Waals surface area (Å²) in [6, 6.07) is 0. The second kappa shape index (κ2) is 6.60. The zero-order valence-corrected chi connectivity index (χ0v) is 13.2. The van der Waals surface area contributed by atoms with E-state index in [9.17, 15) is 4.79 Å². The van der Waals surface area contributed by atoms with Gasteiger partial charge in [-0.05, 0) is 31.1 Å². The molecule has 2 saturated heterocycles. The third-order valence-corrected chi connectivity index (χ3v) is 4.98. The van der Waals surface area contributed by atoms with Crippen LogP contribution in [0.1, 0.15) is 25.7 Å². The lowest BCUT2D eigenvalue weighted by Crippen LogP contribution is -2.52. The lowest BCUT2D eigenvalue weighted by atomic mass is 9.72. The molecule has 0 bridgehead atoms. The van der Waals surface area contributed by atoms with Crippen molar-refractivity contribution in [2.24, 2.45) is 5.41 Å². The van der Waals surface area contributed by atoms with E-state index in [1.807, 2.05) is 11.1 Å². The molecule has 2 aliphatic rings. The summed E-state index contributed by atoms with van der Waals surface area (Å²) in [6.07, 6.45) is 9.81. The van der Waals surface area contributed by atoms with Crippen LogP contribution in [-0.2, 0) is 9.53 Å². The van der Waals surface area contributed by atoms with Gasteiger partial charge in [0.1, 0.15) is 12.4 Å². The van der Waals surface area contributed by atoms with Crippen molar-refractivity contribution in [1.82, 2.24) is 14.9 Å². The highest BCUT2D eigenvalue weighted by molar-refractivity contribution is 5.77. The molecular weight excluding hydrogens is 280 g/mol. The fourth-order valence-corrected chi connectivity index (χ4v) is 3.71. The van der Waals surface area contributed by atoms with E-state index in [4.69, 9.17) is 4.74 Å². The molecule has 0 saturated carbocycles. The summed E-state index contributed by atoms with van der Waals surface area (Å²) in [5.74, 6) is 1.08. The number of amides is 1. The molecule has 6 nitrogen and oxygen atoms in total. The number of carbonyl (C=O) groups excluding carboxylic acids is 1. The molecule has 0 atom stereocenters. The molecule has 0 unspecified atom stereocenters. The van der Waals surface area contributed by atoms with E-state index in [1.54, 1.807) is 19.5 Å². The van der Waals surface area contributed by atoms with Crippen LogP contribution in [0.3, 0.4) is 0 Å². The first kappa shape index (κ1) is 15.2. The number of methoxy groups -OCH3 is 1. The minimum atomic E-state index is 0.123. The van der Waals surface area contributed by atoms with Crippen LogP contribution in [0.25, 0.3) is 0 Å². The maximum Gasteiger partial charge on any atom is 0.248 e. The zero-order valence-electron chi connectivity index (χ0n) is 13.2. The van der Waals surface area contributed by atoms with Crippen molar-refractivity contribution in [3.8, 4) is 0 Å². The van der Waals surface area contributed by atoms with E-state index in [2.05, 4.69) is 14.9 Å². The molecule has 2 fully saturated rings. The highest BCUT2D eigenvalue weighted by atomic mass is 16.5. The average Bonchev–Trinajstić information content (AvgIpc) is 2.57. The molecule has 22 heavy (non-hydrogen) atoms. The van der Waals surface area contributed by atoms with E-state index < -0.39 is 0 Å². The number of aromatic nitrogens is 2. The Morgan fingerprint density at radius 2 is 2.09 bits per heavy atom. The summed E-state index contributed by atoms with van der Waals surface area (Å²) < 4.78 is 4.99. The minimum absolute atomic E-state index is 0.123. The van der Waals surface area contributed by atoms with E-state index in [0.717, 1.165) is 51.3 Å². The summed E-state index contributed by atoms with van der Waals surface area (Å²) in [5.41, 5.74) is 0.278. The Labute approximate surface area is 131 Å². The van der Waals surface area contributed by atoms with Crippen molar-refractivity contribution in [3.05, 3.63) is 18.6 Å². The van der Waals surface area contributed by atoms with Gasteiger partial charge in [-0.1, -0.05) is 0 Å². The van der Waals surface area contributed by atoms with Gasteiger partial charge >= 0.3 is 0 Å². The van der Waals surface area contributed by atoms with Gasteiger partial charge in [0, 0.05) is 45.7 Å². The van der Waals surface area contributed by atoms with Crippen molar-refractivity contribution < 1.29 is 9.53 Å². The maximum atomic E-state index is 12.1. The van der Waals surface area contributed by atoms with Gasteiger partial charge in [0.2, 0.25) is 5.91 Å². The topological polar surface area (TPSA) is 58.6 Å². The van der Waals surface area contributed by atoms with E-state index in [1.165, 1.54) is 6.42 Å². The minimum Gasteiger partial charge on any atom is -0.375 e. The number of nitrogens with zero attached hydrogens (tertiary/aromatic N) is 4. The summed E-state index contributed by atoms with van der Waals surface area (Å²) in [7, 11) is 1.58. The third kappa shape index (κ3) is 3.21. The monoisotopic (exact) mass is 304 g/mol. The van der Waals surface area contributed by atoms with Crippen LogP contribution in [0.2, 0.25) is 0 Å². The normalized spacial score (nSPS) is 21.1. The molecule has 2 aliphatic heterocycles. The molecule has 0 aliphatic carbocycles. The SMILES string of the molecule is COCC(=O)N1CCCC2(CCN(c3cnccn3)CC2)C1. The Kier molecular flexibility index (Phi) is 4.57. The summed E-state index contributed by atoms with van der Waals surface area (Å²) in [6.45, 7) is 3.93. The fourth-order valence-electron chi connectivity index (χ4n) is 3.71. The number of hydrogen-bond acceptors (Lipinski definition) is 5. The first-order valence-corrected chi connectivity index (χ1v) is 8.00. The number of hydrogen-bond donors (Lipinski definition) is 0. The van der Waals surface area contributed by atoms with Crippen molar-refractivity contribution in [1.29, 1.82) is 0 Å². The number of ether oxygens (including phenoxy) is 1. The van der Waals surface area contributed by atoms with Gasteiger partial charge in [0.05, 0.1) is 6.20 Å². The van der Waals surface area contributed by atoms with Crippen LogP contribution >= 0.6 is 0 Å². The Hall–Kier alpha value is -1.69. The van der Waals surface area contributed by atoms with Gasteiger partial charge < -0.3 is 14.5 Å². The van der Waals surface area contributed by atoms with Crippen LogP contribution in [0.15, 0.2) is 18.6 Å². The first-order valence-electron chi connectivity index (χ1n) is 8.00. The Morgan fingerprint density at radius 3 is 2.77 bits per heavy atom. The smallest absolute Gasteiger partial charge is 0.248 e. The average molecular weight is 304 g/mol. The second-order valence-corrected chi connectivity index (χ2v) is 6.40. The van der Waals surface area contributed by atoms with Gasteiger partial charge in [-0.3, -0.25) is 9.78 Å². The van der Waals surface area contributed by atoms with Crippen LogP contribution in [0.4, 0.5) is 5.82 Å². The predicted octanol–water partition coefficient (Wildman–Crippen LogP) is 1.33. The molecule has 0 radical (unpaired) electrons. The van der Waals surface area contributed by atoms with Gasteiger partial charge in [0.25, 0.3) is 0 Å². The van der Waals surface area contributed by atoms with Crippen LogP contribution in [0, 0.1) is 5.41 Å². The first-order chi connectivity index (χ1) is 10.7. The zero-order chi connectivity index (χ0) is 15.4. The van der Waals surface area contributed by atoms with Gasteiger partial charge in [0.15, 0.2) is 0 Å². The van der Waals surface area contributed by atoms with Gasteiger partial charge in [-0.15, -0.1) is 0 Å². The highest BCUT2D eigenvalue weighted by Crippen LogP contribution is 2.40. The highest BCUT2D eigenvalue weighted by Gasteiger charge is 2.39. The molecule has 0 N–H and O–H groups in total. The lowest BCUT2D eigenvalue weighted by molar-refractivity contribution is -0.139. The summed E-state index contributed by atoms with van der Waals surface area (Å²) >= 11 is 0. The van der Waals surface area contributed by atoms with E-state index in [-0.39, 0.29) is 17.9 Å². The predicted molar refractivity (Wildman–Crippen MR) is 83.6 cm³/mol. The molecule has 1 aromatic rings. The Morgan fingerprint density at radius 1 is 1.27 bits per heavy atom. The Balaban J connectivity index is 1.60. The number of rotatable bonds is 3. The number of piperidine rings is 2. The van der Waals surface area contributed by atoms with E-state index in [0.29, 0.717) is 0 Å². The molecule has 3 rings (SSSR count).